The van der Waals surface area contributed by atoms with Crippen molar-refractivity contribution < 1.29 is 4.74 Å². The van der Waals surface area contributed by atoms with Crippen LogP contribution in [0.15, 0.2) is 22.6 Å². The summed E-state index contributed by atoms with van der Waals surface area (Å²) in [5, 5.41) is 27.0. The Morgan fingerprint density at radius 2 is 2.00 bits per heavy atom. The lowest BCUT2D eigenvalue weighted by atomic mass is 9.99. The molecule has 0 saturated heterocycles. The first kappa shape index (κ1) is 14.0. The Bertz CT molecular complexity index is 528. The van der Waals surface area contributed by atoms with E-state index in [4.69, 9.17) is 26.3 Å². The van der Waals surface area contributed by atoms with Crippen LogP contribution in [0.25, 0.3) is 0 Å². The van der Waals surface area contributed by atoms with E-state index in [0.29, 0.717) is 0 Å². The molecule has 92 valence electrons. The maximum Gasteiger partial charge on any atom is 0.204 e. The minimum Gasteiger partial charge on any atom is -0.456 e. The van der Waals surface area contributed by atoms with E-state index in [-0.39, 0.29) is 22.6 Å². The van der Waals surface area contributed by atoms with E-state index in [1.807, 2.05) is 13.0 Å². The van der Waals surface area contributed by atoms with Gasteiger partial charge in [0, 0.05) is 0 Å². The minimum atomic E-state index is -0.939. The van der Waals surface area contributed by atoms with Crippen LogP contribution in [0.5, 0.6) is 0 Å². The second-order valence-electron chi connectivity index (χ2n) is 3.72. The Labute approximate surface area is 110 Å². The minimum absolute atomic E-state index is 0.0263. The predicted molar refractivity (Wildman–Crippen MR) is 67.3 cm³/mol. The molecule has 0 spiro atoms. The van der Waals surface area contributed by atoms with E-state index in [1.54, 1.807) is 19.1 Å². The number of hydrogen-bond acceptors (Lipinski definition) is 6. The van der Waals surface area contributed by atoms with Crippen molar-refractivity contribution in [2.75, 3.05) is 5.75 Å². The molecule has 1 heterocycles. The van der Waals surface area contributed by atoms with Crippen LogP contribution in [0, 0.1) is 34.0 Å². The number of nitriles is 3. The van der Waals surface area contributed by atoms with Gasteiger partial charge in [-0.1, -0.05) is 6.92 Å². The maximum absolute atomic E-state index is 9.07. The summed E-state index contributed by atoms with van der Waals surface area (Å²) in [7, 11) is 0. The van der Waals surface area contributed by atoms with E-state index >= 15 is 0 Å². The molecular weight excluding hydrogens is 248 g/mol. The first-order valence-corrected chi connectivity index (χ1v) is 6.30. The molecule has 1 aliphatic rings. The molecule has 0 fully saturated rings. The van der Waals surface area contributed by atoms with Gasteiger partial charge in [-0.3, -0.25) is 0 Å². The van der Waals surface area contributed by atoms with Gasteiger partial charge in [0.05, 0.1) is 5.57 Å². The number of ether oxygens (including phenoxy) is 1. The summed E-state index contributed by atoms with van der Waals surface area (Å²) in [6.07, 6.45) is 0.910. The van der Waals surface area contributed by atoms with Crippen LogP contribution < -0.4 is 5.73 Å². The maximum atomic E-state index is 9.07. The summed E-state index contributed by atoms with van der Waals surface area (Å²) < 4.78 is 5.49. The molecule has 0 amide bonds. The molecule has 0 radical (unpaired) electrons. The van der Waals surface area contributed by atoms with Crippen LogP contribution in [0.1, 0.15) is 20.3 Å². The van der Waals surface area contributed by atoms with Crippen LogP contribution in [-0.4, -0.2) is 10.7 Å². The van der Waals surface area contributed by atoms with Gasteiger partial charge < -0.3 is 10.5 Å². The van der Waals surface area contributed by atoms with E-state index in [1.165, 1.54) is 11.8 Å². The molecule has 1 atom stereocenters. The van der Waals surface area contributed by atoms with Crippen LogP contribution >= 0.6 is 11.8 Å². The fourth-order valence-corrected chi connectivity index (χ4v) is 2.75. The lowest BCUT2D eigenvalue weighted by Crippen LogP contribution is -2.24. The highest BCUT2D eigenvalue weighted by Crippen LogP contribution is 2.46. The standard InChI is InChI=1S/C12H12N4OS/c1-3-4-18-12(2)10(8(5-13)6-14)9(7-15)11(16)17-12/h3-4,16H2,1-2H3/t12-/m1/s1. The number of thioether (sulfide) groups is 1. The molecule has 1 rings (SSSR count). The Morgan fingerprint density at radius 3 is 2.44 bits per heavy atom. The van der Waals surface area contributed by atoms with Crippen LogP contribution in [0.2, 0.25) is 0 Å². The zero-order valence-corrected chi connectivity index (χ0v) is 11.0. The number of rotatable bonds is 3. The first-order valence-electron chi connectivity index (χ1n) is 5.32. The first-order chi connectivity index (χ1) is 8.53. The molecule has 0 aromatic rings. The molecule has 0 bridgehead atoms. The van der Waals surface area contributed by atoms with Crippen molar-refractivity contribution in [3.8, 4) is 18.2 Å². The van der Waals surface area contributed by atoms with Gasteiger partial charge in [-0.15, -0.1) is 11.8 Å². The Kier molecular flexibility index (Phi) is 4.26. The third-order valence-electron chi connectivity index (χ3n) is 2.42. The summed E-state index contributed by atoms with van der Waals surface area (Å²) in [5.74, 6) is 0.748. The molecule has 18 heavy (non-hydrogen) atoms. The second kappa shape index (κ2) is 5.49. The van der Waals surface area contributed by atoms with Gasteiger partial charge in [-0.05, 0) is 19.1 Å². The summed E-state index contributed by atoms with van der Waals surface area (Å²) in [6, 6.07) is 5.49. The smallest absolute Gasteiger partial charge is 0.204 e. The van der Waals surface area contributed by atoms with Gasteiger partial charge in [-0.25, -0.2) is 0 Å². The zero-order chi connectivity index (χ0) is 13.8. The summed E-state index contributed by atoms with van der Waals surface area (Å²) in [5.41, 5.74) is 5.88. The van der Waals surface area contributed by atoms with E-state index in [2.05, 4.69) is 0 Å². The van der Waals surface area contributed by atoms with Crippen LogP contribution in [-0.2, 0) is 4.74 Å². The van der Waals surface area contributed by atoms with Gasteiger partial charge >= 0.3 is 0 Å². The molecule has 0 aromatic heterocycles. The third kappa shape index (κ3) is 2.27. The summed E-state index contributed by atoms with van der Waals surface area (Å²) in [6.45, 7) is 3.72. The Morgan fingerprint density at radius 1 is 1.39 bits per heavy atom. The average Bonchev–Trinajstić information content (AvgIpc) is 2.61. The highest BCUT2D eigenvalue weighted by Gasteiger charge is 2.44. The van der Waals surface area contributed by atoms with Crippen LogP contribution in [0.4, 0.5) is 0 Å². The van der Waals surface area contributed by atoms with E-state index in [0.717, 1.165) is 12.2 Å². The molecule has 5 nitrogen and oxygen atoms in total. The molecule has 1 aliphatic heterocycles. The normalized spacial score (nSPS) is 21.8. The second-order valence-corrected chi connectivity index (χ2v) is 5.20. The fraction of sp³-hybridized carbons (Fsp3) is 0.417. The lowest BCUT2D eigenvalue weighted by Gasteiger charge is -2.25. The van der Waals surface area contributed by atoms with Gasteiger partial charge in [0.25, 0.3) is 0 Å². The molecule has 2 N–H and O–H groups in total. The largest absolute Gasteiger partial charge is 0.456 e. The topological polar surface area (TPSA) is 107 Å². The Balaban J connectivity index is 3.37. The molecule has 0 unspecified atom stereocenters. The fourth-order valence-electron chi connectivity index (χ4n) is 1.66. The van der Waals surface area contributed by atoms with Crippen molar-refractivity contribution in [2.45, 2.75) is 25.2 Å². The molecule has 0 saturated carbocycles. The monoisotopic (exact) mass is 260 g/mol. The van der Waals surface area contributed by atoms with Gasteiger partial charge in [0.1, 0.15) is 29.4 Å². The average molecular weight is 260 g/mol. The number of allylic oxidation sites excluding steroid dienone is 1. The van der Waals surface area contributed by atoms with E-state index < -0.39 is 4.93 Å². The zero-order valence-electron chi connectivity index (χ0n) is 10.1. The summed E-state index contributed by atoms with van der Waals surface area (Å²) >= 11 is 1.42. The van der Waals surface area contributed by atoms with E-state index in [9.17, 15) is 0 Å². The van der Waals surface area contributed by atoms with Crippen LogP contribution in [0.3, 0.4) is 0 Å². The van der Waals surface area contributed by atoms with Gasteiger partial charge in [0.2, 0.25) is 5.88 Å². The van der Waals surface area contributed by atoms with Crippen molar-refractivity contribution >= 4 is 11.8 Å². The number of hydrogen-bond donors (Lipinski definition) is 1. The molecular formula is C12H12N4OS. The lowest BCUT2D eigenvalue weighted by molar-refractivity contribution is 0.150. The predicted octanol–water partition coefficient (Wildman–Crippen LogP) is 1.91. The van der Waals surface area contributed by atoms with Gasteiger partial charge in [0.15, 0.2) is 4.93 Å². The van der Waals surface area contributed by atoms with Crippen molar-refractivity contribution in [1.29, 1.82) is 15.8 Å². The summed E-state index contributed by atoms with van der Waals surface area (Å²) in [4.78, 5) is -0.939. The van der Waals surface area contributed by atoms with Crippen molar-refractivity contribution in [2.24, 2.45) is 5.73 Å². The Hall–Kier alpha value is -2.10. The van der Waals surface area contributed by atoms with Gasteiger partial charge in [-0.2, -0.15) is 15.8 Å². The quantitative estimate of drug-likeness (QED) is 0.777. The SMILES string of the molecule is CCCS[C@@]1(C)OC(N)=C(C#N)C1=C(C#N)C#N. The number of nitrogens with zero attached hydrogens (tertiary/aromatic N) is 3. The van der Waals surface area contributed by atoms with Crippen molar-refractivity contribution in [3.05, 3.63) is 22.6 Å². The number of nitrogens with two attached hydrogens (primary N) is 1. The van der Waals surface area contributed by atoms with Crippen molar-refractivity contribution in [3.63, 3.8) is 0 Å². The molecule has 6 heteroatoms. The third-order valence-corrected chi connectivity index (χ3v) is 3.87. The molecule has 0 aliphatic carbocycles. The van der Waals surface area contributed by atoms with Crippen molar-refractivity contribution in [1.82, 2.24) is 0 Å². The highest BCUT2D eigenvalue weighted by molar-refractivity contribution is 8.00. The highest BCUT2D eigenvalue weighted by atomic mass is 32.2. The molecule has 0 aromatic carbocycles.